The second-order valence-corrected chi connectivity index (χ2v) is 34.1. The molecular formula is C95H152N14O37S2. The van der Waals surface area contributed by atoms with Gasteiger partial charge < -0.3 is 149 Å². The van der Waals surface area contributed by atoms with Crippen LogP contribution in [0.3, 0.4) is 0 Å². The van der Waals surface area contributed by atoms with Crippen LogP contribution < -0.4 is 75.3 Å². The second kappa shape index (κ2) is 86.3. The monoisotopic (exact) mass is 2140 g/mol. The normalized spacial score (nSPS) is 13.3. The SMILES string of the molecule is CCC(=O)N[C@@H](Cc1ccccc1)C(=O)CC[C@H](N)C(=O)N[C@@H](CC(=O)O)C(=O)N[C@H](C)CS.CCCC(=O)NC[C@H](N)C(=O)N[C@@H](CC(=O)O)C(=O)N[C@H](C)CS.CCOCCOCCOCCOCCOCCOCCNC(=O)CC[C@H](NC(=O)N[C@@H](CCC(=O)O)OC=O)C(=O)O.C[C@H](CC(=O)[C@H](Cc1ccccc1)NC(=O)CCCCCCCCC(=O)CC[C@H](NC(=O)N[C@@H](CCC(=O)O)OC=O)C(=O)O)C(=O)O. The molecular weight excluding hydrogens is 1990 g/mol. The minimum Gasteiger partial charge on any atom is -0.481 e. The van der Waals surface area contributed by atoms with E-state index in [2.05, 4.69) is 98.5 Å². The van der Waals surface area contributed by atoms with Gasteiger partial charge in [-0.2, -0.15) is 25.3 Å². The van der Waals surface area contributed by atoms with Gasteiger partial charge in [0.25, 0.3) is 12.9 Å². The van der Waals surface area contributed by atoms with E-state index in [9.17, 15) is 116 Å². The highest BCUT2D eigenvalue weighted by molar-refractivity contribution is 7.80. The second-order valence-electron chi connectivity index (χ2n) is 33.3. The first kappa shape index (κ1) is 137. The number of carboxylic acid groups (broad SMARTS) is 7. The highest BCUT2D eigenvalue weighted by Crippen LogP contribution is 2.16. The van der Waals surface area contributed by atoms with E-state index in [-0.39, 0.29) is 163 Å². The number of carbonyl (C=O) groups is 22. The van der Waals surface area contributed by atoms with E-state index in [1.165, 1.54) is 6.92 Å². The molecule has 2 aromatic carbocycles. The Kier molecular flexibility index (Phi) is 80.2. The number of nitrogens with two attached hydrogens (primary N) is 2. The molecule has 53 heteroatoms. The molecule has 148 heavy (non-hydrogen) atoms. The summed E-state index contributed by atoms with van der Waals surface area (Å²) >= 11 is 8.07. The lowest BCUT2D eigenvalue weighted by Gasteiger charge is -2.22. The van der Waals surface area contributed by atoms with Crippen LogP contribution in [0, 0.1) is 5.92 Å². The van der Waals surface area contributed by atoms with Crippen molar-refractivity contribution < 1.29 is 179 Å². The summed E-state index contributed by atoms with van der Waals surface area (Å²) < 4.78 is 41.1. The van der Waals surface area contributed by atoms with Gasteiger partial charge in [0.05, 0.1) is 122 Å². The third-order valence-electron chi connectivity index (χ3n) is 20.6. The van der Waals surface area contributed by atoms with Crippen LogP contribution >= 0.6 is 25.3 Å². The van der Waals surface area contributed by atoms with Crippen molar-refractivity contribution in [2.45, 2.75) is 281 Å². The van der Waals surface area contributed by atoms with Gasteiger partial charge in [0, 0.05) is 107 Å². The molecule has 13 atom stereocenters. The number of amides is 12. The summed E-state index contributed by atoms with van der Waals surface area (Å²) in [6.45, 7) is 15.8. The minimum absolute atomic E-state index is 0.0304. The first-order valence-electron chi connectivity index (χ1n) is 48.4. The van der Waals surface area contributed by atoms with Crippen LogP contribution in [-0.4, -0.2) is 344 Å². The molecule has 2 rings (SSSR count). The van der Waals surface area contributed by atoms with Gasteiger partial charge in [0.1, 0.15) is 36.0 Å². The largest absolute Gasteiger partial charge is 0.481 e. The summed E-state index contributed by atoms with van der Waals surface area (Å²) in [5.41, 5.74) is 13.3. The molecule has 0 fully saturated rings. The van der Waals surface area contributed by atoms with Crippen LogP contribution in [0.2, 0.25) is 0 Å². The maximum absolute atomic E-state index is 12.8. The van der Waals surface area contributed by atoms with Gasteiger partial charge in [0.2, 0.25) is 47.3 Å². The van der Waals surface area contributed by atoms with Crippen molar-refractivity contribution in [2.75, 3.05) is 104 Å². The summed E-state index contributed by atoms with van der Waals surface area (Å²) in [7, 11) is 0. The molecule has 12 amide bonds. The first-order valence-corrected chi connectivity index (χ1v) is 49.7. The average molecular weight is 2150 g/mol. The number of thiol groups is 2. The van der Waals surface area contributed by atoms with Crippen LogP contribution in [0.15, 0.2) is 60.7 Å². The zero-order valence-corrected chi connectivity index (χ0v) is 86.3. The fraction of sp³-hybridized carbons (Fsp3) is 0.642. The lowest BCUT2D eigenvalue weighted by molar-refractivity contribution is -0.143. The number of aliphatic carboxylic acids is 7. The zero-order chi connectivity index (χ0) is 112. The van der Waals surface area contributed by atoms with E-state index in [0.29, 0.717) is 116 Å². The van der Waals surface area contributed by atoms with Crippen molar-refractivity contribution in [1.82, 2.24) is 63.8 Å². The lowest BCUT2D eigenvalue weighted by atomic mass is 9.95. The molecule has 23 N–H and O–H groups in total. The molecule has 0 aliphatic rings. The van der Waals surface area contributed by atoms with Gasteiger partial charge >= 0.3 is 53.8 Å². The number of Topliss-reactive ketones (excluding diaryl/α,β-unsaturated/α-hetero) is 3. The van der Waals surface area contributed by atoms with Gasteiger partial charge in [-0.3, -0.25) is 86.3 Å². The number of ketones is 3. The van der Waals surface area contributed by atoms with E-state index in [0.717, 1.165) is 36.8 Å². The first-order chi connectivity index (χ1) is 70.4. The third kappa shape index (κ3) is 75.1. The third-order valence-corrected chi connectivity index (χ3v) is 21.7. The number of urea groups is 2. The van der Waals surface area contributed by atoms with Crippen molar-refractivity contribution in [1.29, 1.82) is 0 Å². The smallest absolute Gasteiger partial charge is 0.326 e. The molecule has 0 heterocycles. The van der Waals surface area contributed by atoms with Crippen LogP contribution in [0.25, 0.3) is 0 Å². The Labute approximate surface area is 869 Å². The number of rotatable bonds is 83. The summed E-state index contributed by atoms with van der Waals surface area (Å²) in [5, 5.41) is 92.2. The van der Waals surface area contributed by atoms with Gasteiger partial charge in [-0.25, -0.2) is 19.2 Å². The van der Waals surface area contributed by atoms with Crippen molar-refractivity contribution >= 4 is 157 Å². The highest BCUT2D eigenvalue weighted by Gasteiger charge is 2.33. The molecule has 0 unspecified atom stereocenters. The van der Waals surface area contributed by atoms with E-state index in [1.807, 2.05) is 74.5 Å². The fourth-order valence-electron chi connectivity index (χ4n) is 12.4. The fourth-order valence-corrected chi connectivity index (χ4v) is 12.6. The molecule has 0 aliphatic carbocycles. The van der Waals surface area contributed by atoms with Gasteiger partial charge in [0.15, 0.2) is 24.0 Å². The summed E-state index contributed by atoms with van der Waals surface area (Å²) in [4.78, 5) is 257. The van der Waals surface area contributed by atoms with E-state index >= 15 is 0 Å². The molecule has 0 radical (unpaired) electrons. The summed E-state index contributed by atoms with van der Waals surface area (Å²) in [6, 6.07) is 6.60. The number of hydrogen-bond acceptors (Lipinski definition) is 34. The van der Waals surface area contributed by atoms with Gasteiger partial charge in [-0.15, -0.1) is 0 Å². The number of hydrogen-bond donors (Lipinski definition) is 23. The van der Waals surface area contributed by atoms with Crippen LogP contribution in [0.5, 0.6) is 0 Å². The Hall–Kier alpha value is -12.6. The number of carboxylic acids is 7. The van der Waals surface area contributed by atoms with Crippen molar-refractivity contribution in [3.63, 3.8) is 0 Å². The molecule has 51 nitrogen and oxygen atoms in total. The maximum Gasteiger partial charge on any atom is 0.326 e. The zero-order valence-electron chi connectivity index (χ0n) is 84.6. The van der Waals surface area contributed by atoms with Crippen molar-refractivity contribution in [3.05, 3.63) is 71.8 Å². The standard InChI is InChI=1S/C33H47N3O12.C25H45N3O14.C23H34N4O6S.C14H26N4O5S/c1-22(31(43)44)19-27(39)26(20-23-11-7-6-8-12-23)34-28(40)14-10-5-3-2-4-9-13-24(38)15-16-25(32(45)46)35-33(47)36-29(48-21-37)17-18-30(41)42;1-2-36-9-10-38-13-14-40-17-18-41-16-15-39-12-11-37-8-7-26-21(30)4-3-20(24(33)34)27-25(35)28-22(42-19-29)5-6-23(31)32;1-3-20(29)26-17(11-15-7-5-4-6-8-15)19(28)10-9-16(24)22(32)27-18(12-21(30)31)23(33)25-14(2)13-34;1-3-4-11(19)16-6-9(15)13(22)18-10(5-12(20)21)14(23)17-8(2)7-24/h6-8,11-12,21-22,25-26,29H,2-5,9-10,13-20H2,1H3,(H,34,40)(H,41,42)(H,43,44)(H,45,46)(H2,35,36,47);19-20,22H,2-18H2,1H3,(H,26,30)(H,31,32)(H,33,34)(H2,27,28,35);4-8,14,16-18,34H,3,9-13,24H2,1-2H3,(H,25,33)(H,26,29)(H,27,32)(H,30,31);8-10,24H,3-7,15H2,1-2H3,(H,16,19)(H,17,23)(H,18,22)(H,20,21)/t22-,25+,26+,29-;20-,22+;14-,16+,17+,18+;8-,9+,10+/m1011/s1. The maximum atomic E-state index is 12.8. The van der Waals surface area contributed by atoms with Gasteiger partial charge in [-0.05, 0) is 83.3 Å². The number of unbranched alkanes of at least 4 members (excludes halogenated alkanes) is 5. The summed E-state index contributed by atoms with van der Waals surface area (Å²) in [5.74, 6) is -13.6. The molecule has 0 aliphatic heterocycles. The minimum atomic E-state index is -1.41. The van der Waals surface area contributed by atoms with Crippen molar-refractivity contribution in [3.8, 4) is 0 Å². The molecule has 0 saturated heterocycles. The number of ether oxygens (including phenoxy) is 8. The molecule has 0 aromatic heterocycles. The van der Waals surface area contributed by atoms with Crippen LogP contribution in [0.4, 0.5) is 9.59 Å². The molecule has 836 valence electrons. The highest BCUT2D eigenvalue weighted by atomic mass is 32.1. The van der Waals surface area contributed by atoms with Gasteiger partial charge in [-0.1, -0.05) is 107 Å². The Balaban J connectivity index is 0. The van der Waals surface area contributed by atoms with Crippen LogP contribution in [0.1, 0.15) is 207 Å². The predicted octanol–water partition coefficient (Wildman–Crippen LogP) is 0.917. The van der Waals surface area contributed by atoms with Crippen LogP contribution in [-0.2, 0) is 147 Å². The molecule has 0 spiro atoms. The number of benzene rings is 2. The Morgan fingerprint density at radius 3 is 1.15 bits per heavy atom. The van der Waals surface area contributed by atoms with E-state index < -0.39 is 176 Å². The number of carbonyl (C=O) groups excluding carboxylic acids is 15. The number of nitrogens with one attached hydrogen (secondary N) is 12. The average Bonchev–Trinajstić information content (AvgIpc) is 0.877. The predicted molar refractivity (Wildman–Crippen MR) is 536 cm³/mol. The quantitative estimate of drug-likeness (QED) is 0.0189. The molecule has 0 bridgehead atoms. The topological polar surface area (TPSA) is 787 Å². The molecule has 0 saturated carbocycles. The van der Waals surface area contributed by atoms with E-state index in [1.54, 1.807) is 20.8 Å². The lowest BCUT2D eigenvalue weighted by Crippen LogP contribution is -2.55. The Morgan fingerprint density at radius 2 is 0.750 bits per heavy atom. The Morgan fingerprint density at radius 1 is 0.351 bits per heavy atom. The van der Waals surface area contributed by atoms with Crippen molar-refractivity contribution in [2.24, 2.45) is 17.4 Å². The molecule has 2 aromatic rings. The summed E-state index contributed by atoms with van der Waals surface area (Å²) in [6.07, 6.45) is 0.708. The Bertz CT molecular complexity index is 4310. The van der Waals surface area contributed by atoms with E-state index in [4.69, 9.17) is 65.4 Å².